The van der Waals surface area contributed by atoms with Gasteiger partial charge >= 0.3 is 5.97 Å². The van der Waals surface area contributed by atoms with E-state index >= 15 is 0 Å². The monoisotopic (exact) mass is 430 g/mol. The van der Waals surface area contributed by atoms with Crippen LogP contribution in [0, 0.1) is 0 Å². The summed E-state index contributed by atoms with van der Waals surface area (Å²) in [4.78, 5) is 38.9. The number of carbonyl (C=O) groups is 3. The minimum atomic E-state index is -0.682. The molecule has 13 heteroatoms. The number of nitrogens with one attached hydrogen (secondary N) is 1. The fraction of sp³-hybridized carbons (Fsp3) is 0.375. The summed E-state index contributed by atoms with van der Waals surface area (Å²) in [7, 11) is 5.79. The number of rotatable bonds is 6. The van der Waals surface area contributed by atoms with Crippen molar-refractivity contribution in [1.29, 1.82) is 0 Å². The molecule has 4 rings (SSSR count). The van der Waals surface area contributed by atoms with E-state index in [0.717, 1.165) is 9.47 Å². The van der Waals surface area contributed by atoms with Gasteiger partial charge in [0.15, 0.2) is 5.82 Å². The molecule has 2 aliphatic rings. The van der Waals surface area contributed by atoms with Crippen molar-refractivity contribution < 1.29 is 19.1 Å². The van der Waals surface area contributed by atoms with Gasteiger partial charge in [0, 0.05) is 17.4 Å². The minimum Gasteiger partial charge on any atom is -0.461 e. The lowest BCUT2D eigenvalue weighted by Crippen LogP contribution is -2.71. The molecule has 0 unspecified atom stereocenters. The summed E-state index contributed by atoms with van der Waals surface area (Å²) in [6.07, 6.45) is 0.219. The first kappa shape index (κ1) is 19.6. The van der Waals surface area contributed by atoms with Crippen LogP contribution >= 0.6 is 23.1 Å². The number of amides is 2. The molecule has 29 heavy (non-hydrogen) atoms. The molecule has 0 aromatic carbocycles. The fourth-order valence-electron chi connectivity index (χ4n) is 3.20. The number of β-lactam (4-membered cyclic amide) rings is 1. The van der Waals surface area contributed by atoms with Crippen molar-refractivity contribution in [3.05, 3.63) is 39.2 Å². The van der Waals surface area contributed by atoms with Gasteiger partial charge in [0.1, 0.15) is 24.1 Å². The van der Waals surface area contributed by atoms with Gasteiger partial charge in [-0.3, -0.25) is 19.0 Å². The molecule has 2 radical (unpaired) electrons. The largest absolute Gasteiger partial charge is 0.461 e. The molecular weight excluding hydrogens is 415 g/mol. The van der Waals surface area contributed by atoms with Gasteiger partial charge in [0.25, 0.3) is 7.98 Å². The third-order valence-corrected chi connectivity index (χ3v) is 6.60. The van der Waals surface area contributed by atoms with Crippen molar-refractivity contribution in [2.45, 2.75) is 30.8 Å². The normalized spacial score (nSPS) is 23.1. The predicted octanol–water partition coefficient (Wildman–Crippen LogP) is -0.203. The molecule has 4 heterocycles. The third kappa shape index (κ3) is 3.79. The van der Waals surface area contributed by atoms with Crippen LogP contribution in [0.5, 0.6) is 0 Å². The number of ether oxygens (including phenoxy) is 1. The van der Waals surface area contributed by atoms with Crippen LogP contribution in [-0.2, 0) is 25.5 Å². The van der Waals surface area contributed by atoms with Crippen LogP contribution in [0.1, 0.15) is 23.7 Å². The van der Waals surface area contributed by atoms with Crippen molar-refractivity contribution in [2.24, 2.45) is 0 Å². The molecule has 0 bridgehead atoms. The summed E-state index contributed by atoms with van der Waals surface area (Å²) in [6.45, 7) is 1.28. The van der Waals surface area contributed by atoms with Crippen molar-refractivity contribution in [2.75, 3.05) is 6.61 Å². The quantitative estimate of drug-likeness (QED) is 0.380. The van der Waals surface area contributed by atoms with Crippen LogP contribution < -0.4 is 5.32 Å². The van der Waals surface area contributed by atoms with Crippen LogP contribution in [0.15, 0.2) is 28.5 Å². The maximum Gasteiger partial charge on any atom is 0.302 e. The topological polar surface area (TPSA) is 119 Å². The van der Waals surface area contributed by atoms with E-state index < -0.39 is 18.1 Å². The maximum atomic E-state index is 12.9. The minimum absolute atomic E-state index is 0.0221. The Kier molecular flexibility index (Phi) is 5.41. The van der Waals surface area contributed by atoms with Crippen molar-refractivity contribution >= 4 is 48.9 Å². The number of thiophene rings is 1. The van der Waals surface area contributed by atoms with E-state index in [4.69, 9.17) is 12.7 Å². The Morgan fingerprint density at radius 1 is 1.41 bits per heavy atom. The third-order valence-electron chi connectivity index (χ3n) is 4.50. The van der Waals surface area contributed by atoms with Gasteiger partial charge in [-0.15, -0.1) is 28.2 Å². The van der Waals surface area contributed by atoms with Crippen LogP contribution in [-0.4, -0.2) is 68.8 Å². The first-order valence-electron chi connectivity index (χ1n) is 8.60. The van der Waals surface area contributed by atoms with E-state index in [2.05, 4.69) is 20.8 Å². The van der Waals surface area contributed by atoms with Gasteiger partial charge in [-0.2, -0.15) is 0 Å². The molecule has 3 atom stereocenters. The summed E-state index contributed by atoms with van der Waals surface area (Å²) in [5, 5.41) is 17.2. The molecule has 1 fully saturated rings. The summed E-state index contributed by atoms with van der Waals surface area (Å²) in [6, 6.07) is 2.40. The molecule has 10 nitrogen and oxygen atoms in total. The van der Waals surface area contributed by atoms with Gasteiger partial charge in [0.05, 0.1) is 6.42 Å². The van der Waals surface area contributed by atoms with Crippen LogP contribution in [0.3, 0.4) is 0 Å². The lowest BCUT2D eigenvalue weighted by atomic mass is 9.97. The van der Waals surface area contributed by atoms with Crippen LogP contribution in [0.4, 0.5) is 0 Å². The average molecular weight is 430 g/mol. The maximum absolute atomic E-state index is 12.9. The van der Waals surface area contributed by atoms with E-state index in [9.17, 15) is 14.4 Å². The lowest BCUT2D eigenvalue weighted by molar-refractivity contribution is -0.152. The second-order valence-electron chi connectivity index (χ2n) is 6.43. The van der Waals surface area contributed by atoms with Gasteiger partial charge < -0.3 is 15.0 Å². The second kappa shape index (κ2) is 7.99. The van der Waals surface area contributed by atoms with E-state index in [1.165, 1.54) is 30.0 Å². The highest BCUT2D eigenvalue weighted by Gasteiger charge is 2.55. The number of aromatic nitrogens is 4. The van der Waals surface area contributed by atoms with Gasteiger partial charge in [-0.1, -0.05) is 11.3 Å². The molecule has 148 valence electrons. The van der Waals surface area contributed by atoms with Gasteiger partial charge in [-0.05, 0) is 22.1 Å². The summed E-state index contributed by atoms with van der Waals surface area (Å²) < 4.78 is 6.08. The number of thioether (sulfide) groups is 1. The number of fused-ring (bicyclic) bond motifs is 1. The highest BCUT2D eigenvalue weighted by Crippen LogP contribution is 2.45. The molecule has 0 spiro atoms. The molecular formula is C16H15BN6O4S2. The zero-order valence-electron chi connectivity index (χ0n) is 15.2. The Balaban J connectivity index is 1.52. The van der Waals surface area contributed by atoms with E-state index in [0.29, 0.717) is 5.57 Å². The molecule has 2 aromatic heterocycles. The highest BCUT2D eigenvalue weighted by molar-refractivity contribution is 8.02. The number of esters is 1. The summed E-state index contributed by atoms with van der Waals surface area (Å²) in [5.41, 5.74) is 0.625. The van der Waals surface area contributed by atoms with Crippen molar-refractivity contribution in [3.8, 4) is 0 Å². The molecule has 0 saturated carbocycles. The molecule has 2 aromatic rings. The van der Waals surface area contributed by atoms with Gasteiger partial charge in [-0.25, -0.2) is 0 Å². The smallest absolute Gasteiger partial charge is 0.302 e. The standard InChI is InChI=1S/C16H15BN6O4S2/c1-8(24)27-6-9-7-29-16-12(18-11(25)5-10-3-2-4-28-10)15(26)22(16)13(9)14-19-20-21-23(14)17/h2-4,7,12-13,16H,5-6H2,1H3,(H,18,25)/t12-,13-,16-/m1/s1. The van der Waals surface area contributed by atoms with E-state index in [1.807, 2.05) is 17.5 Å². The first-order chi connectivity index (χ1) is 14.0. The molecule has 1 N–H and O–H groups in total. The Hall–Kier alpha value is -2.67. The molecule has 1 saturated heterocycles. The number of nitrogens with zero attached hydrogens (tertiary/aromatic N) is 5. The van der Waals surface area contributed by atoms with Gasteiger partial charge in [0.2, 0.25) is 11.8 Å². The Morgan fingerprint density at radius 3 is 2.90 bits per heavy atom. The number of hydrogen-bond acceptors (Lipinski definition) is 9. The molecule has 2 aliphatic heterocycles. The van der Waals surface area contributed by atoms with Crippen LogP contribution in [0.2, 0.25) is 0 Å². The second-order valence-corrected chi connectivity index (χ2v) is 8.45. The Morgan fingerprint density at radius 2 is 2.24 bits per heavy atom. The zero-order valence-corrected chi connectivity index (χ0v) is 16.9. The summed E-state index contributed by atoms with van der Waals surface area (Å²) in [5.74, 6) is -0.701. The Bertz CT molecular complexity index is 978. The van der Waals surface area contributed by atoms with E-state index in [1.54, 1.807) is 10.3 Å². The van der Waals surface area contributed by atoms with Crippen molar-refractivity contribution in [3.63, 3.8) is 0 Å². The Labute approximate surface area is 175 Å². The average Bonchev–Trinajstić information content (AvgIpc) is 3.35. The van der Waals surface area contributed by atoms with E-state index in [-0.39, 0.29) is 36.0 Å². The van der Waals surface area contributed by atoms with Crippen LogP contribution in [0.25, 0.3) is 0 Å². The first-order valence-corrected chi connectivity index (χ1v) is 10.4. The number of carbonyl (C=O) groups excluding carboxylic acids is 3. The SMILES string of the molecule is [B]n1nnnc1[C@H]1C(COC(C)=O)=CS[C@@H]2[C@H](NC(=O)Cc3cccs3)C(=O)N12. The molecule has 2 amide bonds. The zero-order chi connectivity index (χ0) is 20.5. The number of tetrazole rings is 1. The fourth-order valence-corrected chi connectivity index (χ4v) is 5.12. The van der Waals surface area contributed by atoms with Crippen molar-refractivity contribution in [1.82, 2.24) is 30.3 Å². The highest BCUT2D eigenvalue weighted by atomic mass is 32.2. The summed E-state index contributed by atoms with van der Waals surface area (Å²) >= 11 is 2.85. The number of hydrogen-bond donors (Lipinski definition) is 1. The lowest BCUT2D eigenvalue weighted by Gasteiger charge is -2.52. The predicted molar refractivity (Wildman–Crippen MR) is 105 cm³/mol. The molecule has 0 aliphatic carbocycles.